The molecule has 0 saturated carbocycles. The van der Waals surface area contributed by atoms with Crippen LogP contribution < -0.4 is 10.2 Å². The predicted molar refractivity (Wildman–Crippen MR) is 92.8 cm³/mol. The molecule has 0 unspecified atom stereocenters. The van der Waals surface area contributed by atoms with Crippen molar-refractivity contribution in [3.63, 3.8) is 0 Å². The Labute approximate surface area is 139 Å². The van der Waals surface area contributed by atoms with E-state index in [-0.39, 0.29) is 5.75 Å². The van der Waals surface area contributed by atoms with Crippen molar-refractivity contribution in [1.29, 1.82) is 0 Å². The molecular weight excluding hydrogens is 319 g/mol. The molecule has 2 heterocycles. The van der Waals surface area contributed by atoms with Crippen LogP contribution in [0.5, 0.6) is 5.75 Å². The van der Waals surface area contributed by atoms with Gasteiger partial charge in [-0.1, -0.05) is 13.8 Å². The van der Waals surface area contributed by atoms with Gasteiger partial charge in [-0.25, -0.2) is 0 Å². The highest BCUT2D eigenvalue weighted by Gasteiger charge is 2.28. The third kappa shape index (κ3) is 3.89. The van der Waals surface area contributed by atoms with E-state index < -0.39 is 7.12 Å². The average molecular weight is 336 g/mol. The lowest BCUT2D eigenvalue weighted by Crippen LogP contribution is -2.28. The van der Waals surface area contributed by atoms with Gasteiger partial charge in [0.2, 0.25) is 0 Å². The van der Waals surface area contributed by atoms with Crippen LogP contribution in [0.1, 0.15) is 19.4 Å². The van der Waals surface area contributed by atoms with E-state index in [1.54, 1.807) is 12.3 Å². The van der Waals surface area contributed by atoms with E-state index >= 15 is 0 Å². The molecule has 1 aliphatic rings. The summed E-state index contributed by atoms with van der Waals surface area (Å²) >= 11 is 5.72. The summed E-state index contributed by atoms with van der Waals surface area (Å²) in [6.45, 7) is 4.40. The molecule has 5 nitrogen and oxygen atoms in total. The number of aromatic nitrogens is 1. The van der Waals surface area contributed by atoms with Gasteiger partial charge in [-0.15, -0.1) is 12.6 Å². The minimum absolute atomic E-state index is 0.112. The zero-order valence-electron chi connectivity index (χ0n) is 12.3. The van der Waals surface area contributed by atoms with Crippen molar-refractivity contribution in [2.24, 2.45) is 0 Å². The van der Waals surface area contributed by atoms with Gasteiger partial charge in [0.15, 0.2) is 0 Å². The van der Waals surface area contributed by atoms with Gasteiger partial charge in [0.25, 0.3) is 0 Å². The Hall–Kier alpha value is -1.35. The average Bonchev–Trinajstić information content (AvgIpc) is 2.87. The maximum Gasteiger partial charge on any atom is 0.491 e. The molecule has 22 heavy (non-hydrogen) atoms. The second-order valence-corrected chi connectivity index (χ2v) is 5.68. The lowest BCUT2D eigenvalue weighted by atomic mass is 9.79. The molecule has 0 fully saturated rings. The van der Waals surface area contributed by atoms with Crippen LogP contribution in [0.15, 0.2) is 40.4 Å². The first-order valence-electron chi connectivity index (χ1n) is 6.86. The smallest absolute Gasteiger partial charge is 0.491 e. The van der Waals surface area contributed by atoms with Crippen LogP contribution in [-0.2, 0) is 11.3 Å². The molecule has 0 amide bonds. The molecule has 1 aliphatic heterocycles. The number of nitrogens with zero attached hydrogens (tertiary/aromatic N) is 1. The monoisotopic (exact) mass is 336 g/mol. The first-order chi connectivity index (χ1) is 10.6. The van der Waals surface area contributed by atoms with E-state index in [0.717, 1.165) is 26.5 Å². The Kier molecular flexibility index (Phi) is 6.02. The van der Waals surface area contributed by atoms with Gasteiger partial charge in [0.1, 0.15) is 5.75 Å². The highest BCUT2D eigenvalue weighted by atomic mass is 32.2. The summed E-state index contributed by atoms with van der Waals surface area (Å²) in [5.74, 6) is 0.112. The maximum absolute atomic E-state index is 9.69. The summed E-state index contributed by atoms with van der Waals surface area (Å²) in [5.41, 5.74) is 2.46. The first-order valence-corrected chi connectivity index (χ1v) is 8.12. The third-order valence-electron chi connectivity index (χ3n) is 2.90. The van der Waals surface area contributed by atoms with E-state index in [1.165, 1.54) is 18.1 Å². The van der Waals surface area contributed by atoms with E-state index in [1.807, 2.05) is 26.0 Å². The summed E-state index contributed by atoms with van der Waals surface area (Å²) < 4.78 is 8.28. The topological polar surface area (TPSA) is 74.6 Å². The number of thiol groups is 1. The Morgan fingerprint density at radius 3 is 2.82 bits per heavy atom. The summed E-state index contributed by atoms with van der Waals surface area (Å²) in [7, 11) is -0.882. The van der Waals surface area contributed by atoms with E-state index in [2.05, 4.69) is 22.3 Å². The number of hydrogen-bond acceptors (Lipinski definition) is 7. The Balaban J connectivity index is 0.000000847. The quantitative estimate of drug-likeness (QED) is 0.392. The zero-order chi connectivity index (χ0) is 16.1. The molecule has 3 N–H and O–H groups in total. The maximum atomic E-state index is 9.69. The Bertz CT molecular complexity index is 658. The van der Waals surface area contributed by atoms with Crippen molar-refractivity contribution >= 4 is 42.8 Å². The minimum Gasteiger partial charge on any atom is -0.506 e. The van der Waals surface area contributed by atoms with Crippen molar-refractivity contribution in [3.05, 3.63) is 36.2 Å². The zero-order valence-corrected chi connectivity index (χ0v) is 14.0. The first kappa shape index (κ1) is 17.0. The molecule has 0 radical (unpaired) electrons. The molecule has 3 rings (SSSR count). The van der Waals surface area contributed by atoms with Crippen LogP contribution in [0.4, 0.5) is 5.69 Å². The number of rotatable bonds is 3. The molecule has 2 aromatic rings. The number of anilines is 1. The van der Waals surface area contributed by atoms with Gasteiger partial charge >= 0.3 is 7.12 Å². The predicted octanol–water partition coefficient (Wildman–Crippen LogP) is 2.44. The lowest BCUT2D eigenvalue weighted by Gasteiger charge is -2.10. The standard InChI is InChI=1S/C12H11BN2O3S2.C2H6/c16-8-2-9(5-14-4-8)20-15-11-3-10-7(1-12(11)19)6-18-13(10)17;1-2/h1-5,15-17,19H,6H2;1-2H3. The fraction of sp³-hybridized carbons (Fsp3) is 0.214. The molecule has 0 spiro atoms. The number of fused-ring (bicyclic) bond motifs is 1. The molecular formula is C14H17BN2O3S2. The highest BCUT2D eigenvalue weighted by Crippen LogP contribution is 2.28. The van der Waals surface area contributed by atoms with Crippen molar-refractivity contribution in [1.82, 2.24) is 4.98 Å². The minimum atomic E-state index is -0.882. The Morgan fingerprint density at radius 1 is 1.32 bits per heavy atom. The molecule has 0 aliphatic carbocycles. The Morgan fingerprint density at radius 2 is 2.09 bits per heavy atom. The van der Waals surface area contributed by atoms with E-state index in [0.29, 0.717) is 6.61 Å². The number of benzene rings is 1. The molecule has 1 aromatic carbocycles. The van der Waals surface area contributed by atoms with Gasteiger partial charge in [-0.05, 0) is 41.2 Å². The largest absolute Gasteiger partial charge is 0.506 e. The van der Waals surface area contributed by atoms with Gasteiger partial charge in [0, 0.05) is 11.1 Å². The van der Waals surface area contributed by atoms with E-state index in [9.17, 15) is 10.1 Å². The summed E-state index contributed by atoms with van der Waals surface area (Å²) in [5, 5.41) is 19.1. The third-order valence-corrected chi connectivity index (χ3v) is 4.05. The molecule has 116 valence electrons. The number of hydrogen-bond donors (Lipinski definition) is 4. The van der Waals surface area contributed by atoms with Crippen LogP contribution >= 0.6 is 24.6 Å². The molecule has 0 bridgehead atoms. The van der Waals surface area contributed by atoms with Crippen molar-refractivity contribution in [2.45, 2.75) is 30.2 Å². The summed E-state index contributed by atoms with van der Waals surface area (Å²) in [6, 6.07) is 5.30. The van der Waals surface area contributed by atoms with Crippen LogP contribution in [0, 0.1) is 0 Å². The second-order valence-electron chi connectivity index (χ2n) is 4.31. The van der Waals surface area contributed by atoms with Crippen LogP contribution in [0.25, 0.3) is 0 Å². The molecule has 0 atom stereocenters. The summed E-state index contributed by atoms with van der Waals surface area (Å²) in [6.07, 6.45) is 3.01. The fourth-order valence-corrected chi connectivity index (χ4v) is 2.96. The van der Waals surface area contributed by atoms with E-state index in [4.69, 9.17) is 4.65 Å². The van der Waals surface area contributed by atoms with Gasteiger partial charge in [0.05, 0.1) is 23.4 Å². The normalized spacial score (nSPS) is 12.5. The number of aromatic hydroxyl groups is 1. The highest BCUT2D eigenvalue weighted by molar-refractivity contribution is 8.00. The van der Waals surface area contributed by atoms with Crippen molar-refractivity contribution in [3.8, 4) is 5.75 Å². The fourth-order valence-electron chi connectivity index (χ4n) is 1.92. The van der Waals surface area contributed by atoms with Crippen LogP contribution in [0.2, 0.25) is 0 Å². The van der Waals surface area contributed by atoms with Gasteiger partial charge in [-0.3, -0.25) is 4.98 Å². The van der Waals surface area contributed by atoms with Crippen molar-refractivity contribution in [2.75, 3.05) is 4.72 Å². The second kappa shape index (κ2) is 7.78. The van der Waals surface area contributed by atoms with Crippen molar-refractivity contribution < 1.29 is 14.8 Å². The summed E-state index contributed by atoms with van der Waals surface area (Å²) in [4.78, 5) is 5.44. The van der Waals surface area contributed by atoms with Crippen LogP contribution in [-0.4, -0.2) is 22.2 Å². The van der Waals surface area contributed by atoms with Gasteiger partial charge in [-0.2, -0.15) is 0 Å². The van der Waals surface area contributed by atoms with Crippen LogP contribution in [0.3, 0.4) is 0 Å². The molecule has 1 aromatic heterocycles. The SMILES string of the molecule is CC.OB1OCc2cc(S)c(NSc3cncc(O)c3)cc21. The van der Waals surface area contributed by atoms with Gasteiger partial charge < -0.3 is 19.5 Å². The number of pyridine rings is 1. The molecule has 0 saturated heterocycles. The number of nitrogens with one attached hydrogen (secondary N) is 1. The lowest BCUT2D eigenvalue weighted by molar-refractivity contribution is 0.275. The molecule has 8 heteroatoms.